The predicted octanol–water partition coefficient (Wildman–Crippen LogP) is 10.2. The quantitative estimate of drug-likeness (QED) is 0.0129. The summed E-state index contributed by atoms with van der Waals surface area (Å²) < 4.78 is 32.6. The van der Waals surface area contributed by atoms with E-state index in [4.69, 9.17) is 19.1 Å². The van der Waals surface area contributed by atoms with Gasteiger partial charge in [0.15, 0.2) is 6.10 Å². The van der Waals surface area contributed by atoms with Crippen molar-refractivity contribution < 1.29 is 58.0 Å². The number of ether oxygens (including phenoxy) is 2. The fraction of sp³-hybridized carbons (Fsp3) is 0.708. The molecule has 0 aliphatic rings. The van der Waals surface area contributed by atoms with E-state index in [2.05, 4.69) is 18.4 Å². The molecule has 5 N–H and O–H groups in total. The molecule has 1 unspecified atom stereocenters. The van der Waals surface area contributed by atoms with Gasteiger partial charge in [-0.2, -0.15) is 0 Å². The molecule has 0 aliphatic carbocycles. The molecule has 0 saturated carbocycles. The van der Waals surface area contributed by atoms with Crippen LogP contribution in [0.4, 0.5) is 0 Å². The Balaban J connectivity index is 4.49. The van der Waals surface area contributed by atoms with Gasteiger partial charge in [0.1, 0.15) is 12.7 Å². The Hall–Kier alpha value is -2.67. The maximum absolute atomic E-state index is 12.6. The van der Waals surface area contributed by atoms with Crippen LogP contribution < -0.4 is 0 Å². The van der Waals surface area contributed by atoms with Gasteiger partial charge < -0.3 is 34.8 Å². The third-order valence-corrected chi connectivity index (χ3v) is 10.4. The lowest BCUT2D eigenvalue weighted by atomic mass is 10.0. The van der Waals surface area contributed by atoms with E-state index in [0.717, 1.165) is 31.6 Å². The van der Waals surface area contributed by atoms with Crippen molar-refractivity contribution in [2.75, 3.05) is 26.4 Å². The van der Waals surface area contributed by atoms with Gasteiger partial charge in [0.05, 0.1) is 32.0 Å². The molecule has 5 atom stereocenters. The zero-order valence-electron chi connectivity index (χ0n) is 37.7. The summed E-state index contributed by atoms with van der Waals surface area (Å²) in [5.41, 5.74) is 0. The third-order valence-electron chi connectivity index (χ3n) is 9.48. The molecule has 0 radical (unpaired) electrons. The summed E-state index contributed by atoms with van der Waals surface area (Å²) in [4.78, 5) is 35.0. The lowest BCUT2D eigenvalue weighted by Crippen LogP contribution is -2.29. The first kappa shape index (κ1) is 58.3. The number of esters is 2. The van der Waals surface area contributed by atoms with E-state index in [1.165, 1.54) is 70.6 Å². The molecule has 0 rings (SSSR count). The number of aliphatic hydroxyl groups is 4. The first-order valence-corrected chi connectivity index (χ1v) is 24.5. The van der Waals surface area contributed by atoms with Crippen molar-refractivity contribution in [2.24, 2.45) is 5.92 Å². The number of aliphatic hydroxyl groups excluding tert-OH is 4. The van der Waals surface area contributed by atoms with Crippen molar-refractivity contribution >= 4 is 19.8 Å². The molecule has 0 aromatic heterocycles. The van der Waals surface area contributed by atoms with Gasteiger partial charge in [0, 0.05) is 12.8 Å². The van der Waals surface area contributed by atoms with Gasteiger partial charge in [-0.3, -0.25) is 18.6 Å². The number of hydrogen-bond donors (Lipinski definition) is 5. The second kappa shape index (κ2) is 41.3. The van der Waals surface area contributed by atoms with Crippen molar-refractivity contribution in [3.8, 4) is 0 Å². The number of phosphoric ester groups is 1. The lowest BCUT2D eigenvalue weighted by Gasteiger charge is -2.20. The van der Waals surface area contributed by atoms with Gasteiger partial charge >= 0.3 is 19.8 Å². The molecule has 0 amide bonds. The van der Waals surface area contributed by atoms with Crippen molar-refractivity contribution in [2.45, 2.75) is 186 Å². The highest BCUT2D eigenvalue weighted by atomic mass is 31.2. The van der Waals surface area contributed by atoms with Crippen molar-refractivity contribution in [3.05, 3.63) is 72.9 Å². The largest absolute Gasteiger partial charge is 0.472 e. The normalized spacial score (nSPS) is 15.6. The van der Waals surface area contributed by atoms with Gasteiger partial charge in [-0.05, 0) is 44.4 Å². The third kappa shape index (κ3) is 42.4. The summed E-state index contributed by atoms with van der Waals surface area (Å²) in [5.74, 6) is -0.284. The van der Waals surface area contributed by atoms with Gasteiger partial charge in [-0.15, -0.1) is 0 Å². The predicted molar refractivity (Wildman–Crippen MR) is 245 cm³/mol. The molecule has 13 heteroatoms. The highest BCUT2D eigenvalue weighted by Gasteiger charge is 2.27. The van der Waals surface area contributed by atoms with Crippen LogP contribution in [-0.4, -0.2) is 88.1 Å². The van der Waals surface area contributed by atoms with E-state index in [0.29, 0.717) is 32.1 Å². The van der Waals surface area contributed by atoms with E-state index in [9.17, 15) is 34.4 Å². The van der Waals surface area contributed by atoms with E-state index in [1.807, 2.05) is 43.4 Å². The van der Waals surface area contributed by atoms with Crippen LogP contribution in [0.1, 0.15) is 162 Å². The number of carbonyl (C=O) groups is 2. The van der Waals surface area contributed by atoms with Crippen LogP contribution in [0, 0.1) is 5.92 Å². The molecule has 0 aromatic rings. The van der Waals surface area contributed by atoms with Crippen molar-refractivity contribution in [3.63, 3.8) is 0 Å². The summed E-state index contributed by atoms with van der Waals surface area (Å²) in [7, 11) is -4.66. The molecular formula is C48H83O12P. The molecule has 0 bridgehead atoms. The van der Waals surface area contributed by atoms with Crippen LogP contribution in [0.25, 0.3) is 0 Å². The molecule has 0 aliphatic heterocycles. The van der Waals surface area contributed by atoms with Crippen LogP contribution in [0.5, 0.6) is 0 Å². The SMILES string of the molecule is CC/C=C\C[C@@H](O)/C=C/C=C\C=C\[C@@H](O)C/C=C\C/C=C\CCC(=O)OC[C@H](COP(=O)(O)OC[C@@H](O)CO)OC(=O)CCCCCCCCCCCCCCCCC(C)C. The number of carbonyl (C=O) groups excluding carboxylic acids is 2. The van der Waals surface area contributed by atoms with E-state index >= 15 is 0 Å². The smallest absolute Gasteiger partial charge is 0.462 e. The summed E-state index contributed by atoms with van der Waals surface area (Å²) in [6, 6.07) is 0. The molecule has 0 saturated heterocycles. The number of rotatable bonds is 41. The van der Waals surface area contributed by atoms with Crippen LogP contribution in [0.3, 0.4) is 0 Å². The second-order valence-corrected chi connectivity index (χ2v) is 17.4. The standard InChI is InChI=1S/C48H83O12P/c1-4-5-24-32-43(50)34-27-22-23-28-35-44(51)33-26-19-16-17-20-29-36-47(53)57-40-46(41-59-61(55,56)58-39-45(52)38-49)60-48(54)37-30-21-15-13-11-9-7-6-8-10-12-14-18-25-31-42(2)3/h5,17,19-20,22-24,26-28,34-35,42-46,49-52H,4,6-16,18,21,25,29-33,36-41H2,1-3H3,(H,55,56)/b20-17-,23-22-,24-5-,26-19-,34-27+,35-28+/t43-,44+,45+,46-/m1/s1. The van der Waals surface area contributed by atoms with E-state index in [-0.39, 0.29) is 12.8 Å². The monoisotopic (exact) mass is 883 g/mol. The maximum Gasteiger partial charge on any atom is 0.472 e. The van der Waals surface area contributed by atoms with Crippen molar-refractivity contribution in [1.82, 2.24) is 0 Å². The number of unbranched alkanes of at least 4 members (excludes halogenated alkanes) is 13. The summed E-state index contributed by atoms with van der Waals surface area (Å²) in [6.45, 7) is 4.32. The minimum absolute atomic E-state index is 0.0577. The number of allylic oxidation sites excluding steroid dienone is 8. The Labute approximate surface area is 368 Å². The van der Waals surface area contributed by atoms with Crippen LogP contribution in [-0.2, 0) is 32.7 Å². The Morgan fingerprint density at radius 2 is 1.11 bits per heavy atom. The fourth-order valence-electron chi connectivity index (χ4n) is 5.91. The highest BCUT2D eigenvalue weighted by molar-refractivity contribution is 7.47. The minimum Gasteiger partial charge on any atom is -0.462 e. The first-order chi connectivity index (χ1) is 29.4. The van der Waals surface area contributed by atoms with Crippen molar-refractivity contribution in [1.29, 1.82) is 0 Å². The first-order valence-electron chi connectivity index (χ1n) is 23.0. The zero-order chi connectivity index (χ0) is 45.2. The summed E-state index contributed by atoms with van der Waals surface area (Å²) in [6.07, 6.45) is 39.5. The Morgan fingerprint density at radius 1 is 0.607 bits per heavy atom. The minimum atomic E-state index is -4.66. The molecule has 0 fully saturated rings. The Kier molecular flexibility index (Phi) is 39.5. The average molecular weight is 883 g/mol. The van der Waals surface area contributed by atoms with Crippen LogP contribution in [0.15, 0.2) is 72.9 Å². The van der Waals surface area contributed by atoms with E-state index in [1.54, 1.807) is 36.5 Å². The summed E-state index contributed by atoms with van der Waals surface area (Å²) in [5, 5.41) is 38.3. The molecule has 0 aromatic carbocycles. The van der Waals surface area contributed by atoms with E-state index < -0.39 is 70.6 Å². The number of phosphoric acid groups is 1. The topological polar surface area (TPSA) is 189 Å². The molecule has 12 nitrogen and oxygen atoms in total. The molecule has 352 valence electrons. The Morgan fingerprint density at radius 3 is 1.66 bits per heavy atom. The second-order valence-electron chi connectivity index (χ2n) is 15.9. The lowest BCUT2D eigenvalue weighted by molar-refractivity contribution is -0.161. The molecule has 61 heavy (non-hydrogen) atoms. The van der Waals surface area contributed by atoms with Crippen LogP contribution in [0.2, 0.25) is 0 Å². The van der Waals surface area contributed by atoms with Gasteiger partial charge in [-0.1, -0.05) is 184 Å². The zero-order valence-corrected chi connectivity index (χ0v) is 38.6. The summed E-state index contributed by atoms with van der Waals surface area (Å²) >= 11 is 0. The maximum atomic E-state index is 12.6. The number of hydrogen-bond acceptors (Lipinski definition) is 11. The fourth-order valence-corrected chi connectivity index (χ4v) is 6.70. The Bertz CT molecular complexity index is 1290. The highest BCUT2D eigenvalue weighted by Crippen LogP contribution is 2.43. The van der Waals surface area contributed by atoms with Gasteiger partial charge in [-0.25, -0.2) is 4.57 Å². The van der Waals surface area contributed by atoms with Gasteiger partial charge in [0.25, 0.3) is 0 Å². The van der Waals surface area contributed by atoms with Crippen LogP contribution >= 0.6 is 7.82 Å². The van der Waals surface area contributed by atoms with Gasteiger partial charge in [0.2, 0.25) is 0 Å². The molecule has 0 spiro atoms. The molecule has 0 heterocycles. The molecular weight excluding hydrogens is 799 g/mol. The average Bonchev–Trinajstić information content (AvgIpc) is 3.22.